The third kappa shape index (κ3) is 2.57. The number of aromatic nitrogens is 2. The van der Waals surface area contributed by atoms with Crippen LogP contribution in [-0.2, 0) is 10.0 Å². The zero-order valence-corrected chi connectivity index (χ0v) is 11.7. The van der Waals surface area contributed by atoms with E-state index in [1.807, 2.05) is 14.0 Å². The standard InChI is InChI=1S/C11H20N4O2S/c1-3-10-8-14(2)5-4-6-15(10)18(16,17)11-7-12-9-13-11/h7,9-10H,3-6,8H2,1-2H3,(H,12,13). The first-order chi connectivity index (χ1) is 8.55. The highest BCUT2D eigenvalue weighted by molar-refractivity contribution is 7.89. The Kier molecular flexibility index (Phi) is 4.04. The van der Waals surface area contributed by atoms with Crippen molar-refractivity contribution in [1.29, 1.82) is 0 Å². The lowest BCUT2D eigenvalue weighted by molar-refractivity contribution is 0.270. The molecule has 2 rings (SSSR count). The molecule has 1 aliphatic rings. The molecule has 0 amide bonds. The number of imidazole rings is 1. The van der Waals surface area contributed by atoms with Crippen molar-refractivity contribution >= 4 is 10.0 Å². The number of nitrogens with zero attached hydrogens (tertiary/aromatic N) is 3. The predicted molar refractivity (Wildman–Crippen MR) is 68.7 cm³/mol. The highest BCUT2D eigenvalue weighted by Crippen LogP contribution is 2.20. The number of hydrogen-bond donors (Lipinski definition) is 1. The maximum Gasteiger partial charge on any atom is 0.260 e. The first-order valence-corrected chi connectivity index (χ1v) is 7.68. The first kappa shape index (κ1) is 13.5. The summed E-state index contributed by atoms with van der Waals surface area (Å²) in [6.07, 6.45) is 4.45. The predicted octanol–water partition coefficient (Wildman–Crippen LogP) is 0.515. The largest absolute Gasteiger partial charge is 0.335 e. The topological polar surface area (TPSA) is 69.3 Å². The number of hydrogen-bond acceptors (Lipinski definition) is 4. The van der Waals surface area contributed by atoms with Crippen molar-refractivity contribution in [3.63, 3.8) is 0 Å². The molecule has 1 saturated heterocycles. The van der Waals surface area contributed by atoms with Crippen molar-refractivity contribution < 1.29 is 8.42 Å². The Morgan fingerprint density at radius 2 is 2.28 bits per heavy atom. The van der Waals surface area contributed by atoms with Gasteiger partial charge in [0.15, 0.2) is 5.03 Å². The number of H-pyrrole nitrogens is 1. The summed E-state index contributed by atoms with van der Waals surface area (Å²) in [6.45, 7) is 4.32. The summed E-state index contributed by atoms with van der Waals surface area (Å²) < 4.78 is 26.6. The molecule has 0 aliphatic carbocycles. The van der Waals surface area contributed by atoms with E-state index in [-0.39, 0.29) is 11.1 Å². The van der Waals surface area contributed by atoms with Gasteiger partial charge in [0.05, 0.1) is 12.5 Å². The molecule has 1 aromatic rings. The molecule has 2 heterocycles. The Labute approximate surface area is 108 Å². The van der Waals surface area contributed by atoms with Gasteiger partial charge in [-0.3, -0.25) is 0 Å². The summed E-state index contributed by atoms with van der Waals surface area (Å²) in [5.74, 6) is 0. The molecular weight excluding hydrogens is 252 g/mol. The Balaban J connectivity index is 2.30. The van der Waals surface area contributed by atoms with Gasteiger partial charge in [-0.05, 0) is 26.4 Å². The maximum atomic E-state index is 12.5. The second-order valence-electron chi connectivity index (χ2n) is 4.71. The van der Waals surface area contributed by atoms with Gasteiger partial charge in [0.25, 0.3) is 10.0 Å². The van der Waals surface area contributed by atoms with Gasteiger partial charge in [0.1, 0.15) is 0 Å². The molecule has 7 heteroatoms. The molecule has 1 fully saturated rings. The molecule has 1 aromatic heterocycles. The second-order valence-corrected chi connectivity index (χ2v) is 6.57. The van der Waals surface area contributed by atoms with E-state index in [9.17, 15) is 8.42 Å². The molecular formula is C11H20N4O2S. The molecule has 18 heavy (non-hydrogen) atoms. The second kappa shape index (κ2) is 5.38. The molecule has 1 aliphatic heterocycles. The fraction of sp³-hybridized carbons (Fsp3) is 0.727. The van der Waals surface area contributed by atoms with Crippen LogP contribution >= 0.6 is 0 Å². The molecule has 6 nitrogen and oxygen atoms in total. The van der Waals surface area contributed by atoms with E-state index in [1.165, 1.54) is 12.5 Å². The van der Waals surface area contributed by atoms with E-state index in [1.54, 1.807) is 4.31 Å². The highest BCUT2D eigenvalue weighted by atomic mass is 32.2. The molecule has 0 spiro atoms. The Morgan fingerprint density at radius 1 is 1.50 bits per heavy atom. The van der Waals surface area contributed by atoms with Gasteiger partial charge in [-0.25, -0.2) is 13.4 Å². The molecule has 0 radical (unpaired) electrons. The summed E-state index contributed by atoms with van der Waals surface area (Å²) >= 11 is 0. The normalized spacial score (nSPS) is 24.0. The Bertz CT molecular complexity index is 471. The van der Waals surface area contributed by atoms with Crippen LogP contribution in [0.1, 0.15) is 19.8 Å². The van der Waals surface area contributed by atoms with Crippen LogP contribution in [0.3, 0.4) is 0 Å². The monoisotopic (exact) mass is 272 g/mol. The van der Waals surface area contributed by atoms with Crippen LogP contribution in [0.25, 0.3) is 0 Å². The third-order valence-corrected chi connectivity index (χ3v) is 5.26. The number of nitrogens with one attached hydrogen (secondary N) is 1. The van der Waals surface area contributed by atoms with Gasteiger partial charge in [-0.1, -0.05) is 6.92 Å². The average Bonchev–Trinajstić information content (AvgIpc) is 2.80. The van der Waals surface area contributed by atoms with E-state index < -0.39 is 10.0 Å². The SMILES string of the molecule is CCC1CN(C)CCCN1S(=O)(=O)c1cnc[nH]1. The van der Waals surface area contributed by atoms with Crippen molar-refractivity contribution in [2.75, 3.05) is 26.7 Å². The summed E-state index contributed by atoms with van der Waals surface area (Å²) in [6, 6.07) is 0.0331. The van der Waals surface area contributed by atoms with Crippen LogP contribution < -0.4 is 0 Å². The minimum absolute atomic E-state index is 0.0331. The van der Waals surface area contributed by atoms with Gasteiger partial charge in [-0.15, -0.1) is 0 Å². The van der Waals surface area contributed by atoms with Gasteiger partial charge in [0, 0.05) is 19.1 Å². The Hall–Kier alpha value is -0.920. The number of likely N-dealkylation sites (N-methyl/N-ethyl adjacent to an activating group) is 1. The zero-order chi connectivity index (χ0) is 13.2. The maximum absolute atomic E-state index is 12.5. The molecule has 0 saturated carbocycles. The van der Waals surface area contributed by atoms with E-state index in [0.717, 1.165) is 25.9 Å². The smallest absolute Gasteiger partial charge is 0.260 e. The van der Waals surface area contributed by atoms with E-state index in [0.29, 0.717) is 6.54 Å². The summed E-state index contributed by atoms with van der Waals surface area (Å²) in [5, 5.41) is 0.186. The van der Waals surface area contributed by atoms with Crippen molar-refractivity contribution in [2.24, 2.45) is 0 Å². The zero-order valence-electron chi connectivity index (χ0n) is 10.8. The number of rotatable bonds is 3. The lowest BCUT2D eigenvalue weighted by Crippen LogP contribution is -2.43. The minimum atomic E-state index is -3.44. The van der Waals surface area contributed by atoms with Crippen molar-refractivity contribution in [3.8, 4) is 0 Å². The summed E-state index contributed by atoms with van der Waals surface area (Å²) in [7, 11) is -1.40. The van der Waals surface area contributed by atoms with Crippen LogP contribution in [0.5, 0.6) is 0 Å². The van der Waals surface area contributed by atoms with Crippen LogP contribution in [0, 0.1) is 0 Å². The lowest BCUT2D eigenvalue weighted by atomic mass is 10.2. The Morgan fingerprint density at radius 3 is 2.89 bits per heavy atom. The molecule has 1 atom stereocenters. The third-order valence-electron chi connectivity index (χ3n) is 3.38. The van der Waals surface area contributed by atoms with Gasteiger partial charge in [0.2, 0.25) is 0 Å². The van der Waals surface area contributed by atoms with Crippen LogP contribution in [0.4, 0.5) is 0 Å². The highest BCUT2D eigenvalue weighted by Gasteiger charge is 2.33. The fourth-order valence-corrected chi connectivity index (χ4v) is 4.01. The molecule has 0 aromatic carbocycles. The number of sulfonamides is 1. The van der Waals surface area contributed by atoms with Crippen LogP contribution in [0.15, 0.2) is 17.6 Å². The average molecular weight is 272 g/mol. The molecule has 102 valence electrons. The first-order valence-electron chi connectivity index (χ1n) is 6.24. The molecule has 1 unspecified atom stereocenters. The van der Waals surface area contributed by atoms with E-state index in [2.05, 4.69) is 14.9 Å². The quantitative estimate of drug-likeness (QED) is 0.870. The van der Waals surface area contributed by atoms with Gasteiger partial charge in [-0.2, -0.15) is 4.31 Å². The molecule has 1 N–H and O–H groups in total. The minimum Gasteiger partial charge on any atom is -0.335 e. The number of aromatic amines is 1. The van der Waals surface area contributed by atoms with Crippen LogP contribution in [-0.4, -0.2) is 60.3 Å². The molecule has 0 bridgehead atoms. The summed E-state index contributed by atoms with van der Waals surface area (Å²) in [4.78, 5) is 8.69. The van der Waals surface area contributed by atoms with Gasteiger partial charge < -0.3 is 9.88 Å². The van der Waals surface area contributed by atoms with Crippen LogP contribution in [0.2, 0.25) is 0 Å². The van der Waals surface area contributed by atoms with Crippen molar-refractivity contribution in [3.05, 3.63) is 12.5 Å². The lowest BCUT2D eigenvalue weighted by Gasteiger charge is -2.28. The van der Waals surface area contributed by atoms with Gasteiger partial charge >= 0.3 is 0 Å². The van der Waals surface area contributed by atoms with Crippen molar-refractivity contribution in [2.45, 2.75) is 30.8 Å². The fourth-order valence-electron chi connectivity index (χ4n) is 2.38. The van der Waals surface area contributed by atoms with Crippen molar-refractivity contribution in [1.82, 2.24) is 19.2 Å². The summed E-state index contributed by atoms with van der Waals surface area (Å²) in [5.41, 5.74) is 0. The van der Waals surface area contributed by atoms with E-state index >= 15 is 0 Å². The van der Waals surface area contributed by atoms with E-state index in [4.69, 9.17) is 0 Å².